The van der Waals surface area contributed by atoms with Gasteiger partial charge < -0.3 is 10.1 Å². The second kappa shape index (κ2) is 7.12. The molecular formula is C18H29NO. The molecule has 0 spiro atoms. The summed E-state index contributed by atoms with van der Waals surface area (Å²) < 4.78 is 6.42. The Hall–Kier alpha value is -1.02. The Labute approximate surface area is 123 Å². The van der Waals surface area contributed by atoms with Gasteiger partial charge in [-0.1, -0.05) is 45.9 Å². The van der Waals surface area contributed by atoms with Crippen LogP contribution in [0.3, 0.4) is 0 Å². The van der Waals surface area contributed by atoms with E-state index in [1.807, 2.05) is 0 Å². The minimum atomic E-state index is 0.304. The van der Waals surface area contributed by atoms with Gasteiger partial charge in [0.1, 0.15) is 11.9 Å². The number of para-hydroxylation sites is 1. The van der Waals surface area contributed by atoms with E-state index in [0.29, 0.717) is 18.1 Å². The van der Waals surface area contributed by atoms with Gasteiger partial charge in [0.15, 0.2) is 0 Å². The van der Waals surface area contributed by atoms with Gasteiger partial charge in [-0.3, -0.25) is 0 Å². The number of rotatable bonds is 5. The lowest BCUT2D eigenvalue weighted by atomic mass is 9.85. The fraction of sp³-hybridized carbons (Fsp3) is 0.667. The number of likely N-dealkylation sites (N-methyl/N-ethyl adjacent to an activating group) is 1. The molecule has 2 heteroatoms. The number of ether oxygens (including phenoxy) is 1. The molecule has 0 radical (unpaired) electrons. The van der Waals surface area contributed by atoms with Gasteiger partial charge in [0.2, 0.25) is 0 Å². The summed E-state index contributed by atoms with van der Waals surface area (Å²) in [5, 5.41) is 3.60. The summed E-state index contributed by atoms with van der Waals surface area (Å²) in [7, 11) is 0. The molecule has 0 saturated heterocycles. The molecule has 112 valence electrons. The molecule has 1 saturated carbocycles. The van der Waals surface area contributed by atoms with Gasteiger partial charge in [-0.25, -0.2) is 0 Å². The highest BCUT2D eigenvalue weighted by Gasteiger charge is 2.30. The molecule has 20 heavy (non-hydrogen) atoms. The zero-order valence-corrected chi connectivity index (χ0v) is 13.4. The van der Waals surface area contributed by atoms with Crippen molar-refractivity contribution in [2.24, 2.45) is 5.92 Å². The van der Waals surface area contributed by atoms with Gasteiger partial charge in [-0.05, 0) is 49.3 Å². The predicted octanol–water partition coefficient (Wildman–Crippen LogP) is 4.36. The minimum absolute atomic E-state index is 0.304. The van der Waals surface area contributed by atoms with Crippen LogP contribution in [-0.2, 0) is 0 Å². The van der Waals surface area contributed by atoms with Crippen LogP contribution in [0.1, 0.15) is 58.4 Å². The highest BCUT2D eigenvalue weighted by molar-refractivity contribution is 5.35. The smallest absolute Gasteiger partial charge is 0.123 e. The van der Waals surface area contributed by atoms with E-state index in [1.165, 1.54) is 18.4 Å². The average molecular weight is 275 g/mol. The second-order valence-electron chi connectivity index (χ2n) is 6.43. The SMILES string of the molecule is CCNC1CCC(C)CC1Oc1ccccc1C(C)C. The van der Waals surface area contributed by atoms with Gasteiger partial charge in [0.05, 0.1) is 0 Å². The largest absolute Gasteiger partial charge is 0.489 e. The molecule has 0 heterocycles. The molecule has 1 aliphatic rings. The van der Waals surface area contributed by atoms with E-state index < -0.39 is 0 Å². The summed E-state index contributed by atoms with van der Waals surface area (Å²) >= 11 is 0. The number of hydrogen-bond acceptors (Lipinski definition) is 2. The zero-order chi connectivity index (χ0) is 14.5. The molecule has 0 aromatic heterocycles. The van der Waals surface area contributed by atoms with Crippen molar-refractivity contribution in [3.63, 3.8) is 0 Å². The first-order chi connectivity index (χ1) is 9.61. The monoisotopic (exact) mass is 275 g/mol. The topological polar surface area (TPSA) is 21.3 Å². The van der Waals surface area contributed by atoms with Crippen molar-refractivity contribution in [1.29, 1.82) is 0 Å². The van der Waals surface area contributed by atoms with E-state index in [4.69, 9.17) is 4.74 Å². The molecule has 2 nitrogen and oxygen atoms in total. The molecule has 1 fully saturated rings. The molecule has 0 amide bonds. The summed E-state index contributed by atoms with van der Waals surface area (Å²) in [5.74, 6) is 2.34. The predicted molar refractivity (Wildman–Crippen MR) is 85.4 cm³/mol. The normalized spacial score (nSPS) is 26.8. The lowest BCUT2D eigenvalue weighted by Gasteiger charge is -2.36. The Morgan fingerprint density at radius 3 is 2.70 bits per heavy atom. The lowest BCUT2D eigenvalue weighted by Crippen LogP contribution is -2.46. The molecular weight excluding hydrogens is 246 g/mol. The highest BCUT2D eigenvalue weighted by Crippen LogP contribution is 2.32. The Kier molecular flexibility index (Phi) is 5.47. The lowest BCUT2D eigenvalue weighted by molar-refractivity contribution is 0.0905. The van der Waals surface area contributed by atoms with Gasteiger partial charge in [0, 0.05) is 6.04 Å². The van der Waals surface area contributed by atoms with Crippen LogP contribution >= 0.6 is 0 Å². The van der Waals surface area contributed by atoms with Crippen LogP contribution in [0.25, 0.3) is 0 Å². The Balaban J connectivity index is 2.13. The van der Waals surface area contributed by atoms with Crippen molar-refractivity contribution in [3.05, 3.63) is 29.8 Å². The third kappa shape index (κ3) is 3.76. The van der Waals surface area contributed by atoms with E-state index in [0.717, 1.165) is 24.6 Å². The number of benzene rings is 1. The first-order valence-electron chi connectivity index (χ1n) is 8.10. The maximum atomic E-state index is 6.42. The first kappa shape index (κ1) is 15.4. The van der Waals surface area contributed by atoms with Crippen LogP contribution in [0.5, 0.6) is 5.75 Å². The standard InChI is InChI=1S/C18H29NO/c1-5-19-16-11-10-14(4)12-18(16)20-17-9-7-6-8-15(17)13(2)3/h6-9,13-14,16,18-19H,5,10-12H2,1-4H3. The van der Waals surface area contributed by atoms with Crippen molar-refractivity contribution in [1.82, 2.24) is 5.32 Å². The van der Waals surface area contributed by atoms with Crippen LogP contribution in [0.2, 0.25) is 0 Å². The highest BCUT2D eigenvalue weighted by atomic mass is 16.5. The van der Waals surface area contributed by atoms with E-state index in [-0.39, 0.29) is 0 Å². The Bertz CT molecular complexity index is 416. The summed E-state index contributed by atoms with van der Waals surface area (Å²) in [6.07, 6.45) is 4.00. The van der Waals surface area contributed by atoms with E-state index in [1.54, 1.807) is 0 Å². The third-order valence-corrected chi connectivity index (χ3v) is 4.34. The molecule has 2 rings (SSSR count). The quantitative estimate of drug-likeness (QED) is 0.862. The molecule has 3 unspecified atom stereocenters. The maximum Gasteiger partial charge on any atom is 0.123 e. The van der Waals surface area contributed by atoms with Crippen LogP contribution in [0, 0.1) is 5.92 Å². The van der Waals surface area contributed by atoms with Crippen molar-refractivity contribution in [3.8, 4) is 5.75 Å². The fourth-order valence-corrected chi connectivity index (χ4v) is 3.18. The number of hydrogen-bond donors (Lipinski definition) is 1. The average Bonchev–Trinajstić information content (AvgIpc) is 2.42. The molecule has 0 bridgehead atoms. The summed E-state index contributed by atoms with van der Waals surface area (Å²) in [4.78, 5) is 0. The fourth-order valence-electron chi connectivity index (χ4n) is 3.18. The Morgan fingerprint density at radius 1 is 1.25 bits per heavy atom. The second-order valence-corrected chi connectivity index (χ2v) is 6.43. The molecule has 1 aliphatic carbocycles. The molecule has 3 atom stereocenters. The van der Waals surface area contributed by atoms with Crippen LogP contribution in [0.4, 0.5) is 0 Å². The van der Waals surface area contributed by atoms with Gasteiger partial charge in [-0.2, -0.15) is 0 Å². The summed E-state index contributed by atoms with van der Waals surface area (Å²) in [5.41, 5.74) is 1.32. The summed E-state index contributed by atoms with van der Waals surface area (Å²) in [6.45, 7) is 10.00. The molecule has 1 aromatic rings. The minimum Gasteiger partial charge on any atom is -0.489 e. The van der Waals surface area contributed by atoms with Gasteiger partial charge >= 0.3 is 0 Å². The van der Waals surface area contributed by atoms with Crippen LogP contribution in [0.15, 0.2) is 24.3 Å². The third-order valence-electron chi connectivity index (χ3n) is 4.34. The molecule has 1 aromatic carbocycles. The molecule has 1 N–H and O–H groups in total. The van der Waals surface area contributed by atoms with Gasteiger partial charge in [-0.15, -0.1) is 0 Å². The van der Waals surface area contributed by atoms with E-state index in [9.17, 15) is 0 Å². The van der Waals surface area contributed by atoms with Crippen molar-refractivity contribution in [2.45, 2.75) is 65.0 Å². The van der Waals surface area contributed by atoms with Crippen LogP contribution in [-0.4, -0.2) is 18.7 Å². The van der Waals surface area contributed by atoms with Crippen molar-refractivity contribution in [2.75, 3.05) is 6.54 Å². The maximum absolute atomic E-state index is 6.42. The Morgan fingerprint density at radius 2 is 2.00 bits per heavy atom. The van der Waals surface area contributed by atoms with Gasteiger partial charge in [0.25, 0.3) is 0 Å². The van der Waals surface area contributed by atoms with E-state index in [2.05, 4.69) is 57.3 Å². The zero-order valence-electron chi connectivity index (χ0n) is 13.4. The van der Waals surface area contributed by atoms with E-state index >= 15 is 0 Å². The van der Waals surface area contributed by atoms with Crippen molar-refractivity contribution < 1.29 is 4.74 Å². The van der Waals surface area contributed by atoms with Crippen LogP contribution < -0.4 is 10.1 Å². The number of nitrogens with one attached hydrogen (secondary N) is 1. The van der Waals surface area contributed by atoms with Crippen molar-refractivity contribution >= 4 is 0 Å². The summed E-state index contributed by atoms with van der Waals surface area (Å²) in [6, 6.07) is 8.99. The first-order valence-corrected chi connectivity index (χ1v) is 8.10. The molecule has 0 aliphatic heterocycles.